The number of thioether (sulfide) groups is 1. The van der Waals surface area contributed by atoms with Gasteiger partial charge in [0.25, 0.3) is 5.56 Å². The fraction of sp³-hybridized carbons (Fsp3) is 0.231. The second-order valence-corrected chi connectivity index (χ2v) is 4.87. The van der Waals surface area contributed by atoms with E-state index in [4.69, 9.17) is 4.74 Å². The summed E-state index contributed by atoms with van der Waals surface area (Å²) in [4.78, 5) is 25.4. The SMILES string of the molecule is CCOc1ccccc1NC(=O)CSc1nncc(=O)[nH]1. The third-order valence-corrected chi connectivity index (χ3v) is 3.22. The maximum atomic E-state index is 11.9. The highest BCUT2D eigenvalue weighted by Crippen LogP contribution is 2.24. The number of aromatic nitrogens is 3. The molecule has 0 radical (unpaired) electrons. The third kappa shape index (κ3) is 4.60. The molecular weight excluding hydrogens is 292 g/mol. The Labute approximate surface area is 125 Å². The number of rotatable bonds is 6. The Hall–Kier alpha value is -2.35. The number of carbonyl (C=O) groups is 1. The van der Waals surface area contributed by atoms with Crippen molar-refractivity contribution in [2.24, 2.45) is 0 Å². The molecule has 1 aromatic carbocycles. The quantitative estimate of drug-likeness (QED) is 0.781. The Morgan fingerprint density at radius 1 is 1.43 bits per heavy atom. The molecule has 0 saturated carbocycles. The van der Waals surface area contributed by atoms with Gasteiger partial charge in [-0.15, -0.1) is 5.10 Å². The highest BCUT2D eigenvalue weighted by Gasteiger charge is 2.08. The molecule has 21 heavy (non-hydrogen) atoms. The van der Waals surface area contributed by atoms with Crippen molar-refractivity contribution in [3.63, 3.8) is 0 Å². The largest absolute Gasteiger partial charge is 0.492 e. The van der Waals surface area contributed by atoms with Crippen LogP contribution in [0.5, 0.6) is 5.75 Å². The van der Waals surface area contributed by atoms with E-state index in [1.54, 1.807) is 12.1 Å². The minimum Gasteiger partial charge on any atom is -0.492 e. The Balaban J connectivity index is 1.94. The van der Waals surface area contributed by atoms with Crippen molar-refractivity contribution in [3.05, 3.63) is 40.8 Å². The van der Waals surface area contributed by atoms with Gasteiger partial charge in [0, 0.05) is 0 Å². The molecule has 1 amide bonds. The van der Waals surface area contributed by atoms with E-state index in [1.807, 2.05) is 19.1 Å². The standard InChI is InChI=1S/C13H14N4O3S/c1-2-20-10-6-4-3-5-9(10)15-12(19)8-21-13-16-11(18)7-14-17-13/h3-7H,2,8H2,1H3,(H,15,19)(H,16,17,18). The van der Waals surface area contributed by atoms with E-state index < -0.39 is 0 Å². The van der Waals surface area contributed by atoms with Crippen LogP contribution in [0, 0.1) is 0 Å². The number of aromatic amines is 1. The fourth-order valence-electron chi connectivity index (χ4n) is 1.53. The summed E-state index contributed by atoms with van der Waals surface area (Å²) in [5, 5.41) is 10.3. The smallest absolute Gasteiger partial charge is 0.270 e. The number of anilines is 1. The van der Waals surface area contributed by atoms with E-state index in [1.165, 1.54) is 0 Å². The second-order valence-electron chi connectivity index (χ2n) is 3.90. The van der Waals surface area contributed by atoms with Crippen LogP contribution in [-0.4, -0.2) is 33.4 Å². The van der Waals surface area contributed by atoms with Gasteiger partial charge in [0.2, 0.25) is 5.91 Å². The molecule has 0 saturated heterocycles. The summed E-state index contributed by atoms with van der Waals surface area (Å²) in [7, 11) is 0. The minimum absolute atomic E-state index is 0.106. The van der Waals surface area contributed by atoms with Crippen molar-refractivity contribution in [2.45, 2.75) is 12.1 Å². The lowest BCUT2D eigenvalue weighted by Gasteiger charge is -2.10. The molecule has 0 aliphatic carbocycles. The maximum absolute atomic E-state index is 11.9. The molecule has 0 aliphatic rings. The van der Waals surface area contributed by atoms with Gasteiger partial charge >= 0.3 is 0 Å². The lowest BCUT2D eigenvalue weighted by atomic mass is 10.3. The van der Waals surface area contributed by atoms with Crippen LogP contribution in [0.4, 0.5) is 5.69 Å². The van der Waals surface area contributed by atoms with Crippen molar-refractivity contribution in [1.29, 1.82) is 0 Å². The van der Waals surface area contributed by atoms with Gasteiger partial charge < -0.3 is 10.1 Å². The number of para-hydroxylation sites is 2. The van der Waals surface area contributed by atoms with Crippen LogP contribution in [0.2, 0.25) is 0 Å². The molecule has 7 nitrogen and oxygen atoms in total. The molecule has 1 heterocycles. The van der Waals surface area contributed by atoms with Gasteiger partial charge in [-0.05, 0) is 19.1 Å². The molecule has 1 aromatic heterocycles. The lowest BCUT2D eigenvalue weighted by molar-refractivity contribution is -0.113. The number of amides is 1. The number of hydrogen-bond donors (Lipinski definition) is 2. The van der Waals surface area contributed by atoms with Crippen molar-refractivity contribution >= 4 is 23.4 Å². The highest BCUT2D eigenvalue weighted by atomic mass is 32.2. The molecule has 0 unspecified atom stereocenters. The van der Waals surface area contributed by atoms with Crippen molar-refractivity contribution in [2.75, 3.05) is 17.7 Å². The third-order valence-electron chi connectivity index (χ3n) is 2.35. The topological polar surface area (TPSA) is 97.0 Å². The average Bonchev–Trinajstić information content (AvgIpc) is 2.48. The molecule has 2 N–H and O–H groups in total. The van der Waals surface area contributed by atoms with E-state index >= 15 is 0 Å². The van der Waals surface area contributed by atoms with Crippen molar-refractivity contribution < 1.29 is 9.53 Å². The van der Waals surface area contributed by atoms with Crippen LogP contribution in [0.15, 0.2) is 40.4 Å². The van der Waals surface area contributed by atoms with E-state index in [-0.39, 0.29) is 17.2 Å². The van der Waals surface area contributed by atoms with E-state index in [0.717, 1.165) is 18.0 Å². The van der Waals surface area contributed by atoms with Gasteiger partial charge in [0.15, 0.2) is 5.16 Å². The summed E-state index contributed by atoms with van der Waals surface area (Å²) in [6.45, 7) is 2.39. The Morgan fingerprint density at radius 3 is 3.00 bits per heavy atom. The van der Waals surface area contributed by atoms with Crippen LogP contribution in [0.3, 0.4) is 0 Å². The van der Waals surface area contributed by atoms with Gasteiger partial charge in [0.05, 0.1) is 18.0 Å². The van der Waals surface area contributed by atoms with Crippen LogP contribution < -0.4 is 15.6 Å². The first-order valence-electron chi connectivity index (χ1n) is 6.25. The molecule has 0 aliphatic heterocycles. The molecule has 0 spiro atoms. The van der Waals surface area contributed by atoms with Crippen LogP contribution in [0.25, 0.3) is 0 Å². The maximum Gasteiger partial charge on any atom is 0.270 e. The highest BCUT2D eigenvalue weighted by molar-refractivity contribution is 7.99. The zero-order chi connectivity index (χ0) is 15.1. The average molecular weight is 306 g/mol. The van der Waals surface area contributed by atoms with Crippen LogP contribution in [0.1, 0.15) is 6.92 Å². The van der Waals surface area contributed by atoms with Gasteiger partial charge in [0.1, 0.15) is 11.9 Å². The number of nitrogens with one attached hydrogen (secondary N) is 2. The van der Waals surface area contributed by atoms with Gasteiger partial charge in [-0.3, -0.25) is 14.6 Å². The first-order valence-corrected chi connectivity index (χ1v) is 7.24. The first-order chi connectivity index (χ1) is 10.2. The lowest BCUT2D eigenvalue weighted by Crippen LogP contribution is -2.16. The molecule has 0 fully saturated rings. The fourth-order valence-corrected chi connectivity index (χ4v) is 2.15. The second kappa shape index (κ2) is 7.44. The summed E-state index contributed by atoms with van der Waals surface area (Å²) in [6, 6.07) is 7.19. The zero-order valence-corrected chi connectivity index (χ0v) is 12.1. The Bertz CT molecular complexity index is 674. The van der Waals surface area contributed by atoms with Gasteiger partial charge in [-0.1, -0.05) is 23.9 Å². The number of nitrogens with zero attached hydrogens (tertiary/aromatic N) is 2. The normalized spacial score (nSPS) is 10.1. The summed E-state index contributed by atoms with van der Waals surface area (Å²) >= 11 is 1.10. The summed E-state index contributed by atoms with van der Waals surface area (Å²) in [6.07, 6.45) is 1.07. The summed E-state index contributed by atoms with van der Waals surface area (Å²) < 4.78 is 5.43. The molecule has 8 heteroatoms. The summed E-state index contributed by atoms with van der Waals surface area (Å²) in [5.74, 6) is 0.500. The number of carbonyl (C=O) groups excluding carboxylic acids is 1. The molecule has 0 bridgehead atoms. The number of hydrogen-bond acceptors (Lipinski definition) is 6. The Kier molecular flexibility index (Phi) is 5.33. The van der Waals surface area contributed by atoms with Crippen LogP contribution >= 0.6 is 11.8 Å². The zero-order valence-electron chi connectivity index (χ0n) is 11.3. The van der Waals surface area contributed by atoms with Gasteiger partial charge in [-0.2, -0.15) is 5.10 Å². The first kappa shape index (κ1) is 15.0. The van der Waals surface area contributed by atoms with Gasteiger partial charge in [-0.25, -0.2) is 0 Å². The number of ether oxygens (including phenoxy) is 1. The van der Waals surface area contributed by atoms with E-state index in [2.05, 4.69) is 20.5 Å². The molecule has 0 atom stereocenters. The molecule has 2 rings (SSSR count). The summed E-state index contributed by atoms with van der Waals surface area (Å²) in [5.41, 5.74) is 0.257. The predicted molar refractivity (Wildman–Crippen MR) is 79.6 cm³/mol. The minimum atomic E-state index is -0.352. The predicted octanol–water partition coefficient (Wildman–Crippen LogP) is 1.29. The van der Waals surface area contributed by atoms with Crippen molar-refractivity contribution in [1.82, 2.24) is 15.2 Å². The number of benzene rings is 1. The molecular formula is C13H14N4O3S. The molecule has 2 aromatic rings. The van der Waals surface area contributed by atoms with E-state index in [9.17, 15) is 9.59 Å². The molecule has 110 valence electrons. The van der Waals surface area contributed by atoms with E-state index in [0.29, 0.717) is 23.2 Å². The monoisotopic (exact) mass is 306 g/mol. The van der Waals surface area contributed by atoms with Crippen LogP contribution in [-0.2, 0) is 4.79 Å². The Morgan fingerprint density at radius 2 is 2.24 bits per heavy atom. The number of H-pyrrole nitrogens is 1. The van der Waals surface area contributed by atoms with Crippen molar-refractivity contribution in [3.8, 4) is 5.75 Å².